The molecule has 0 spiro atoms. The van der Waals surface area contributed by atoms with Crippen LogP contribution in [0.25, 0.3) is 0 Å². The van der Waals surface area contributed by atoms with E-state index >= 15 is 0 Å². The van der Waals surface area contributed by atoms with Gasteiger partial charge in [0.1, 0.15) is 11.9 Å². The Morgan fingerprint density at radius 1 is 1.26 bits per heavy atom. The summed E-state index contributed by atoms with van der Waals surface area (Å²) < 4.78 is 26.8. The third kappa shape index (κ3) is 3.48. The second-order valence-electron chi connectivity index (χ2n) is 7.97. The lowest BCUT2D eigenvalue weighted by atomic mass is 9.67. The van der Waals surface area contributed by atoms with Crippen molar-refractivity contribution < 1.29 is 13.2 Å². The predicted molar refractivity (Wildman–Crippen MR) is 103 cm³/mol. The highest BCUT2D eigenvalue weighted by molar-refractivity contribution is 7.90. The molecule has 2 fully saturated rings. The second-order valence-corrected chi connectivity index (χ2v) is 9.62. The highest BCUT2D eigenvalue weighted by atomic mass is 32.2. The molecule has 2 saturated carbocycles. The highest BCUT2D eigenvalue weighted by Gasteiger charge is 2.40. The summed E-state index contributed by atoms with van der Waals surface area (Å²) in [7, 11) is -3.60. The van der Waals surface area contributed by atoms with Crippen LogP contribution >= 0.6 is 0 Å². The van der Waals surface area contributed by atoms with Gasteiger partial charge < -0.3 is 11.1 Å². The van der Waals surface area contributed by atoms with E-state index in [1.807, 2.05) is 0 Å². The molecule has 3 unspecified atom stereocenters. The van der Waals surface area contributed by atoms with Gasteiger partial charge in [-0.1, -0.05) is 18.6 Å². The number of fused-ring (bicyclic) bond motifs is 3. The number of benzene rings is 1. The molecule has 1 amide bonds. The fourth-order valence-corrected chi connectivity index (χ4v) is 6.03. The first-order valence-corrected chi connectivity index (χ1v) is 11.1. The molecule has 1 aliphatic heterocycles. The minimum Gasteiger partial charge on any atom is -0.351 e. The van der Waals surface area contributed by atoms with Gasteiger partial charge in [0.05, 0.1) is 4.90 Å². The van der Waals surface area contributed by atoms with Gasteiger partial charge in [-0.05, 0) is 56.6 Å². The molecule has 4 N–H and O–H groups in total. The molecule has 1 heterocycles. The first-order chi connectivity index (χ1) is 12.8. The molecule has 0 radical (unpaired) electrons. The Morgan fingerprint density at radius 3 is 2.63 bits per heavy atom. The lowest BCUT2D eigenvalue weighted by Gasteiger charge is -2.45. The number of aliphatic imine (C=N–C) groups is 1. The molecule has 7 nitrogen and oxygen atoms in total. The summed E-state index contributed by atoms with van der Waals surface area (Å²) in [4.78, 5) is 17.3. The lowest BCUT2D eigenvalue weighted by molar-refractivity contribution is -0.124. The van der Waals surface area contributed by atoms with Crippen molar-refractivity contribution in [3.8, 4) is 0 Å². The molecule has 2 aliphatic carbocycles. The molecular formula is C19H26N4O3S. The zero-order valence-corrected chi connectivity index (χ0v) is 16.2. The van der Waals surface area contributed by atoms with Crippen LogP contribution in [0.5, 0.6) is 0 Å². The topological polar surface area (TPSA) is 114 Å². The molecule has 4 rings (SSSR count). The van der Waals surface area contributed by atoms with Crippen molar-refractivity contribution >= 4 is 21.8 Å². The first kappa shape index (κ1) is 18.4. The molecule has 3 atom stereocenters. The molecule has 8 heteroatoms. The number of nitrogens with two attached hydrogens (primary N) is 1. The van der Waals surface area contributed by atoms with Gasteiger partial charge in [0, 0.05) is 17.6 Å². The third-order valence-electron chi connectivity index (χ3n) is 6.05. The number of amides is 1. The average molecular weight is 391 g/mol. The Bertz CT molecular complexity index is 869. The van der Waals surface area contributed by atoms with Gasteiger partial charge in [0.2, 0.25) is 5.91 Å². The van der Waals surface area contributed by atoms with Crippen LogP contribution in [0.4, 0.5) is 0 Å². The van der Waals surface area contributed by atoms with Gasteiger partial charge >= 0.3 is 0 Å². The molecule has 3 aliphatic rings. The average Bonchev–Trinajstić information content (AvgIpc) is 2.86. The first-order valence-electron chi connectivity index (χ1n) is 9.61. The largest absolute Gasteiger partial charge is 0.351 e. The normalized spacial score (nSPS) is 33.8. The zero-order chi connectivity index (χ0) is 19.2. The Kier molecular flexibility index (Phi) is 4.71. The highest BCUT2D eigenvalue weighted by Crippen LogP contribution is 2.39. The van der Waals surface area contributed by atoms with Crippen LogP contribution < -0.4 is 15.8 Å². The van der Waals surface area contributed by atoms with Crippen LogP contribution in [0.1, 0.15) is 44.6 Å². The maximum atomic E-state index is 12.8. The number of carbonyl (C=O) groups is 1. The van der Waals surface area contributed by atoms with E-state index in [2.05, 4.69) is 15.0 Å². The van der Waals surface area contributed by atoms with Crippen LogP contribution in [0.3, 0.4) is 0 Å². The fourth-order valence-electron chi connectivity index (χ4n) is 4.79. The Hall–Kier alpha value is -1.93. The van der Waals surface area contributed by atoms with E-state index in [1.54, 1.807) is 25.1 Å². The predicted octanol–water partition coefficient (Wildman–Crippen LogP) is 1.14. The van der Waals surface area contributed by atoms with Crippen molar-refractivity contribution in [2.45, 2.75) is 62.0 Å². The minimum absolute atomic E-state index is 0.154. The van der Waals surface area contributed by atoms with Crippen molar-refractivity contribution in [1.82, 2.24) is 10.0 Å². The number of nitrogens with one attached hydrogen (secondary N) is 2. The maximum absolute atomic E-state index is 12.8. The standard InChI is InChI=1S/C19H26N4O3S/c1-11(21-18-15-7-2-3-8-16(15)27(25,26)23-18)19(24)22-17-12-5-4-6-13(17)10-14(20)9-12/h2-3,7-8,11-14,17H,4-6,9-10,20H2,1H3,(H,21,23)(H,22,24). The summed E-state index contributed by atoms with van der Waals surface area (Å²) in [6.07, 6.45) is 5.32. The summed E-state index contributed by atoms with van der Waals surface area (Å²) in [5.41, 5.74) is 6.67. The number of rotatable bonds is 3. The van der Waals surface area contributed by atoms with E-state index in [-0.39, 0.29) is 28.7 Å². The number of hydrogen-bond donors (Lipinski definition) is 3. The Balaban J connectivity index is 1.50. The van der Waals surface area contributed by atoms with Gasteiger partial charge in [-0.15, -0.1) is 0 Å². The van der Waals surface area contributed by atoms with E-state index in [1.165, 1.54) is 12.5 Å². The fraction of sp³-hybridized carbons (Fsp3) is 0.579. The summed E-state index contributed by atoms with van der Waals surface area (Å²) in [6.45, 7) is 1.70. The van der Waals surface area contributed by atoms with E-state index < -0.39 is 16.1 Å². The SMILES string of the molecule is CC(N=C1NS(=O)(=O)c2ccccc21)C(=O)NC1C2CCCC1CC(N)C2. The van der Waals surface area contributed by atoms with Gasteiger partial charge in [0.15, 0.2) is 0 Å². The third-order valence-corrected chi connectivity index (χ3v) is 7.45. The van der Waals surface area contributed by atoms with Crippen molar-refractivity contribution in [3.05, 3.63) is 29.8 Å². The van der Waals surface area contributed by atoms with E-state index in [9.17, 15) is 13.2 Å². The van der Waals surface area contributed by atoms with E-state index in [0.717, 1.165) is 25.7 Å². The Morgan fingerprint density at radius 2 is 1.93 bits per heavy atom. The van der Waals surface area contributed by atoms with Crippen LogP contribution in [0.2, 0.25) is 0 Å². The number of amidine groups is 1. The second kappa shape index (κ2) is 6.91. The quantitative estimate of drug-likeness (QED) is 0.718. The number of nitrogens with zero attached hydrogens (tertiary/aromatic N) is 1. The number of carbonyl (C=O) groups excluding carboxylic acids is 1. The summed E-state index contributed by atoms with van der Waals surface area (Å²) in [5.74, 6) is 0.937. The monoisotopic (exact) mass is 390 g/mol. The maximum Gasteiger partial charge on any atom is 0.263 e. The molecule has 0 saturated heterocycles. The van der Waals surface area contributed by atoms with E-state index in [4.69, 9.17) is 5.73 Å². The number of hydrogen-bond acceptors (Lipinski definition) is 5. The van der Waals surface area contributed by atoms with E-state index in [0.29, 0.717) is 17.4 Å². The summed E-state index contributed by atoms with van der Waals surface area (Å²) in [5, 5.41) is 3.18. The van der Waals surface area contributed by atoms with Gasteiger partial charge in [-0.2, -0.15) is 0 Å². The summed E-state index contributed by atoms with van der Waals surface area (Å²) in [6, 6.07) is 6.38. The molecule has 1 aromatic carbocycles. The van der Waals surface area contributed by atoms with Crippen molar-refractivity contribution in [1.29, 1.82) is 0 Å². The number of sulfonamides is 1. The van der Waals surface area contributed by atoms with Crippen molar-refractivity contribution in [2.24, 2.45) is 22.6 Å². The molecule has 146 valence electrons. The zero-order valence-electron chi connectivity index (χ0n) is 15.4. The lowest BCUT2D eigenvalue weighted by Crippen LogP contribution is -2.55. The summed E-state index contributed by atoms with van der Waals surface area (Å²) >= 11 is 0. The molecular weight excluding hydrogens is 364 g/mol. The minimum atomic E-state index is -3.60. The van der Waals surface area contributed by atoms with Gasteiger partial charge in [-0.3, -0.25) is 14.5 Å². The van der Waals surface area contributed by atoms with Crippen molar-refractivity contribution in [3.63, 3.8) is 0 Å². The van der Waals surface area contributed by atoms with Gasteiger partial charge in [-0.25, -0.2) is 8.42 Å². The van der Waals surface area contributed by atoms with Crippen LogP contribution in [-0.2, 0) is 14.8 Å². The van der Waals surface area contributed by atoms with Crippen molar-refractivity contribution in [2.75, 3.05) is 0 Å². The molecule has 0 aromatic heterocycles. The van der Waals surface area contributed by atoms with Crippen LogP contribution in [0.15, 0.2) is 34.2 Å². The Labute approximate surface area is 159 Å². The molecule has 1 aromatic rings. The molecule has 2 bridgehead atoms. The molecule has 27 heavy (non-hydrogen) atoms. The van der Waals surface area contributed by atoms with Crippen LogP contribution in [0, 0.1) is 11.8 Å². The van der Waals surface area contributed by atoms with Crippen LogP contribution in [-0.4, -0.2) is 38.3 Å². The smallest absolute Gasteiger partial charge is 0.263 e. The van der Waals surface area contributed by atoms with Gasteiger partial charge in [0.25, 0.3) is 10.0 Å².